The van der Waals surface area contributed by atoms with Crippen LogP contribution in [0.2, 0.25) is 5.02 Å². The first kappa shape index (κ1) is 19.3. The standard InChI is InChI=1S/C18H16ClF3N2O3/c1-26-13-4-2-11(3-5-13)17(25)27-14-6-7-24(10-14)16-15(19)8-12(9-23-16)18(20,21)22/h2-5,8-9,14H,6-7,10H2,1H3. The lowest BCUT2D eigenvalue weighted by Gasteiger charge is -2.19. The summed E-state index contributed by atoms with van der Waals surface area (Å²) in [5.41, 5.74) is -0.516. The topological polar surface area (TPSA) is 51.7 Å². The molecule has 0 saturated carbocycles. The van der Waals surface area contributed by atoms with Crippen molar-refractivity contribution < 1.29 is 27.4 Å². The predicted molar refractivity (Wildman–Crippen MR) is 93.3 cm³/mol. The number of nitrogens with zero attached hydrogens (tertiary/aromatic N) is 2. The van der Waals surface area contributed by atoms with E-state index in [1.54, 1.807) is 29.2 Å². The highest BCUT2D eigenvalue weighted by atomic mass is 35.5. The Balaban J connectivity index is 1.63. The van der Waals surface area contributed by atoms with Crippen LogP contribution < -0.4 is 9.64 Å². The van der Waals surface area contributed by atoms with E-state index in [0.717, 1.165) is 12.3 Å². The van der Waals surface area contributed by atoms with Crippen molar-refractivity contribution in [3.63, 3.8) is 0 Å². The summed E-state index contributed by atoms with van der Waals surface area (Å²) in [5, 5.41) is -0.0908. The smallest absolute Gasteiger partial charge is 0.417 e. The summed E-state index contributed by atoms with van der Waals surface area (Å²) >= 11 is 5.97. The molecule has 0 N–H and O–H groups in total. The molecule has 1 atom stereocenters. The van der Waals surface area contributed by atoms with Gasteiger partial charge in [0.15, 0.2) is 0 Å². The number of alkyl halides is 3. The lowest BCUT2D eigenvalue weighted by molar-refractivity contribution is -0.137. The number of carbonyl (C=O) groups excluding carboxylic acids is 1. The van der Waals surface area contributed by atoms with E-state index in [-0.39, 0.29) is 10.8 Å². The molecule has 2 heterocycles. The first-order valence-corrected chi connectivity index (χ1v) is 8.48. The van der Waals surface area contributed by atoms with Crippen LogP contribution in [-0.4, -0.2) is 37.3 Å². The van der Waals surface area contributed by atoms with Crippen LogP contribution in [-0.2, 0) is 10.9 Å². The SMILES string of the molecule is COc1ccc(C(=O)OC2CCN(c3ncc(C(F)(F)F)cc3Cl)C2)cc1. The van der Waals surface area contributed by atoms with E-state index in [1.165, 1.54) is 7.11 Å². The number of benzene rings is 1. The summed E-state index contributed by atoms with van der Waals surface area (Å²) in [6.07, 6.45) is -3.63. The maximum atomic E-state index is 12.7. The first-order valence-electron chi connectivity index (χ1n) is 8.10. The van der Waals surface area contributed by atoms with Crippen molar-refractivity contribution in [2.75, 3.05) is 25.1 Å². The van der Waals surface area contributed by atoms with E-state index in [4.69, 9.17) is 21.1 Å². The van der Waals surface area contributed by atoms with Crippen LogP contribution >= 0.6 is 11.6 Å². The molecular weight excluding hydrogens is 385 g/mol. The quantitative estimate of drug-likeness (QED) is 0.720. The average molecular weight is 401 g/mol. The van der Waals surface area contributed by atoms with Crippen molar-refractivity contribution in [2.24, 2.45) is 0 Å². The predicted octanol–water partition coefficient (Wildman–Crippen LogP) is 4.20. The van der Waals surface area contributed by atoms with Gasteiger partial charge >= 0.3 is 12.1 Å². The molecule has 0 bridgehead atoms. The number of methoxy groups -OCH3 is 1. The third-order valence-corrected chi connectivity index (χ3v) is 4.47. The Morgan fingerprint density at radius 2 is 2.00 bits per heavy atom. The molecular formula is C18H16ClF3N2O3. The molecule has 1 fully saturated rings. The minimum Gasteiger partial charge on any atom is -0.497 e. The number of pyridine rings is 1. The summed E-state index contributed by atoms with van der Waals surface area (Å²) in [6, 6.07) is 7.36. The van der Waals surface area contributed by atoms with Crippen molar-refractivity contribution in [3.05, 3.63) is 52.7 Å². The Kier molecular flexibility index (Phi) is 5.46. The summed E-state index contributed by atoms with van der Waals surface area (Å²) in [4.78, 5) is 17.8. The minimum absolute atomic E-state index is 0.0908. The summed E-state index contributed by atoms with van der Waals surface area (Å²) in [7, 11) is 1.53. The number of hydrogen-bond donors (Lipinski definition) is 0. The second kappa shape index (κ2) is 7.64. The highest BCUT2D eigenvalue weighted by molar-refractivity contribution is 6.33. The van der Waals surface area contributed by atoms with E-state index >= 15 is 0 Å². The van der Waals surface area contributed by atoms with Crippen LogP contribution in [0.1, 0.15) is 22.3 Å². The maximum absolute atomic E-state index is 12.7. The fraction of sp³-hybridized carbons (Fsp3) is 0.333. The van der Waals surface area contributed by atoms with Gasteiger partial charge in [0, 0.05) is 19.2 Å². The third kappa shape index (κ3) is 4.44. The highest BCUT2D eigenvalue weighted by Gasteiger charge is 2.33. The number of ether oxygens (including phenoxy) is 2. The van der Waals surface area contributed by atoms with Crippen LogP contribution in [0.5, 0.6) is 5.75 Å². The van der Waals surface area contributed by atoms with Gasteiger partial charge in [-0.05, 0) is 30.3 Å². The zero-order chi connectivity index (χ0) is 19.6. The monoisotopic (exact) mass is 400 g/mol. The lowest BCUT2D eigenvalue weighted by Crippen LogP contribution is -2.26. The van der Waals surface area contributed by atoms with Crippen LogP contribution in [0.25, 0.3) is 0 Å². The Morgan fingerprint density at radius 1 is 1.30 bits per heavy atom. The van der Waals surface area contributed by atoms with E-state index in [0.29, 0.717) is 30.8 Å². The lowest BCUT2D eigenvalue weighted by atomic mass is 10.2. The summed E-state index contributed by atoms with van der Waals surface area (Å²) < 4.78 is 48.6. The molecule has 1 saturated heterocycles. The molecule has 0 radical (unpaired) electrons. The Labute approximate surface area is 158 Å². The van der Waals surface area contributed by atoms with Gasteiger partial charge in [-0.1, -0.05) is 11.6 Å². The van der Waals surface area contributed by atoms with Gasteiger partial charge in [0.25, 0.3) is 0 Å². The molecule has 0 spiro atoms. The van der Waals surface area contributed by atoms with Crippen LogP contribution in [0, 0.1) is 0 Å². The number of hydrogen-bond acceptors (Lipinski definition) is 5. The average Bonchev–Trinajstić information content (AvgIpc) is 3.09. The molecule has 2 aromatic rings. The van der Waals surface area contributed by atoms with Gasteiger partial charge in [-0.15, -0.1) is 0 Å². The van der Waals surface area contributed by atoms with Crippen molar-refractivity contribution >= 4 is 23.4 Å². The maximum Gasteiger partial charge on any atom is 0.417 e. The van der Waals surface area contributed by atoms with Crippen molar-refractivity contribution in [1.82, 2.24) is 4.98 Å². The third-order valence-electron chi connectivity index (χ3n) is 4.19. The second-order valence-corrected chi connectivity index (χ2v) is 6.42. The molecule has 1 aliphatic rings. The molecule has 0 amide bonds. The number of anilines is 1. The van der Waals surface area contributed by atoms with Gasteiger partial charge in [0.05, 0.1) is 29.8 Å². The number of esters is 1. The van der Waals surface area contributed by atoms with Crippen LogP contribution in [0.4, 0.5) is 19.0 Å². The van der Waals surface area contributed by atoms with Gasteiger partial charge in [0.1, 0.15) is 17.7 Å². The van der Waals surface area contributed by atoms with Crippen molar-refractivity contribution in [1.29, 1.82) is 0 Å². The molecule has 5 nitrogen and oxygen atoms in total. The molecule has 1 aromatic heterocycles. The summed E-state index contributed by atoms with van der Waals surface area (Å²) in [6.45, 7) is 0.776. The molecule has 0 aliphatic carbocycles. The Hall–Kier alpha value is -2.48. The van der Waals surface area contributed by atoms with Crippen molar-refractivity contribution in [3.8, 4) is 5.75 Å². The molecule has 27 heavy (non-hydrogen) atoms. The van der Waals surface area contributed by atoms with Gasteiger partial charge < -0.3 is 14.4 Å². The van der Waals surface area contributed by atoms with Gasteiger partial charge in [-0.2, -0.15) is 13.2 Å². The second-order valence-electron chi connectivity index (χ2n) is 6.02. The molecule has 1 unspecified atom stereocenters. The zero-order valence-corrected chi connectivity index (χ0v) is 15.0. The summed E-state index contributed by atoms with van der Waals surface area (Å²) in [5.74, 6) is 0.394. The molecule has 144 valence electrons. The molecule has 1 aliphatic heterocycles. The Bertz CT molecular complexity index is 828. The zero-order valence-electron chi connectivity index (χ0n) is 14.3. The molecule has 9 heteroatoms. The minimum atomic E-state index is -4.50. The van der Waals surface area contributed by atoms with Gasteiger partial charge in [-0.3, -0.25) is 0 Å². The van der Waals surface area contributed by atoms with E-state index in [9.17, 15) is 18.0 Å². The van der Waals surface area contributed by atoms with E-state index < -0.39 is 23.8 Å². The first-order chi connectivity index (χ1) is 12.8. The van der Waals surface area contributed by atoms with E-state index in [1.807, 2.05) is 0 Å². The van der Waals surface area contributed by atoms with Crippen LogP contribution in [0.3, 0.4) is 0 Å². The number of rotatable bonds is 4. The van der Waals surface area contributed by atoms with E-state index in [2.05, 4.69) is 4.98 Å². The highest BCUT2D eigenvalue weighted by Crippen LogP contribution is 2.34. The number of halogens is 4. The largest absolute Gasteiger partial charge is 0.497 e. The Morgan fingerprint density at radius 3 is 2.59 bits per heavy atom. The fourth-order valence-corrected chi connectivity index (χ4v) is 3.07. The van der Waals surface area contributed by atoms with Gasteiger partial charge in [-0.25, -0.2) is 9.78 Å². The van der Waals surface area contributed by atoms with Crippen molar-refractivity contribution in [2.45, 2.75) is 18.7 Å². The molecule has 3 rings (SSSR count). The van der Waals surface area contributed by atoms with Gasteiger partial charge in [0.2, 0.25) is 0 Å². The fourth-order valence-electron chi connectivity index (χ4n) is 2.78. The number of carbonyl (C=O) groups is 1. The van der Waals surface area contributed by atoms with Crippen LogP contribution in [0.15, 0.2) is 36.5 Å². The number of aromatic nitrogens is 1. The molecule has 1 aromatic carbocycles. The normalized spacial score (nSPS) is 17.1.